The van der Waals surface area contributed by atoms with Gasteiger partial charge in [-0.3, -0.25) is 14.5 Å². The van der Waals surface area contributed by atoms with Crippen LogP contribution < -0.4 is 15.5 Å². The van der Waals surface area contributed by atoms with Gasteiger partial charge in [0.2, 0.25) is 0 Å². The Morgan fingerprint density at radius 1 is 1.16 bits per heavy atom. The zero-order chi connectivity index (χ0) is 23.1. The predicted octanol–water partition coefficient (Wildman–Crippen LogP) is 3.24. The van der Waals surface area contributed by atoms with Gasteiger partial charge in [-0.05, 0) is 32.0 Å². The van der Waals surface area contributed by atoms with Crippen LogP contribution in [0.15, 0.2) is 51.7 Å². The monoisotopic (exact) mass is 440 g/mol. The number of para-hydroxylation sites is 1. The summed E-state index contributed by atoms with van der Waals surface area (Å²) in [5, 5.41) is 22.1. The molecule has 0 unspecified atom stereocenters. The molecule has 3 N–H and O–H groups in total. The van der Waals surface area contributed by atoms with E-state index >= 15 is 0 Å². The molecule has 1 amide bonds. The standard InChI is InChI=1S/C24H28N2O6/c1-3-26(15-16-8-4-5-9-20(16)31-2)11-7-6-10-25-24(30)22-14-19(29)23-18(28)12-17(27)13-21(23)32-22/h4-5,8-9,12-14,27-28H,3,6-7,10-11,15H2,1-2H3,(H,25,30). The summed E-state index contributed by atoms with van der Waals surface area (Å²) in [5.74, 6) is -0.470. The Bertz CT molecular complexity index is 1140. The lowest BCUT2D eigenvalue weighted by molar-refractivity contribution is 0.0925. The third-order valence-corrected chi connectivity index (χ3v) is 5.24. The van der Waals surface area contributed by atoms with E-state index < -0.39 is 17.1 Å². The second-order valence-corrected chi connectivity index (χ2v) is 7.46. The summed E-state index contributed by atoms with van der Waals surface area (Å²) in [6.45, 7) is 5.09. The van der Waals surface area contributed by atoms with Crippen molar-refractivity contribution in [3.63, 3.8) is 0 Å². The Morgan fingerprint density at radius 2 is 1.94 bits per heavy atom. The van der Waals surface area contributed by atoms with Crippen molar-refractivity contribution < 1.29 is 24.2 Å². The molecule has 0 aliphatic heterocycles. The highest BCUT2D eigenvalue weighted by molar-refractivity contribution is 5.94. The van der Waals surface area contributed by atoms with Gasteiger partial charge in [0.15, 0.2) is 11.2 Å². The van der Waals surface area contributed by atoms with Crippen LogP contribution in [0.2, 0.25) is 0 Å². The molecule has 0 bridgehead atoms. The Labute approximate surface area is 186 Å². The Balaban J connectivity index is 1.51. The van der Waals surface area contributed by atoms with E-state index in [2.05, 4.69) is 23.2 Å². The number of carbonyl (C=O) groups excluding carboxylic acids is 1. The van der Waals surface area contributed by atoms with Crippen LogP contribution in [0.4, 0.5) is 0 Å². The number of fused-ring (bicyclic) bond motifs is 1. The molecule has 0 saturated heterocycles. The fraction of sp³-hybridized carbons (Fsp3) is 0.333. The molecular formula is C24H28N2O6. The Kier molecular flexibility index (Phi) is 7.72. The van der Waals surface area contributed by atoms with Gasteiger partial charge < -0.3 is 24.7 Å². The third-order valence-electron chi connectivity index (χ3n) is 5.24. The summed E-state index contributed by atoms with van der Waals surface area (Å²) in [6, 6.07) is 11.2. The number of unbranched alkanes of at least 4 members (excludes halogenated alkanes) is 1. The molecule has 8 heteroatoms. The number of phenolic OH excluding ortho intramolecular Hbond substituents is 2. The van der Waals surface area contributed by atoms with E-state index in [1.54, 1.807) is 7.11 Å². The van der Waals surface area contributed by atoms with Gasteiger partial charge >= 0.3 is 0 Å². The number of nitrogens with zero attached hydrogens (tertiary/aromatic N) is 1. The second-order valence-electron chi connectivity index (χ2n) is 7.46. The lowest BCUT2D eigenvalue weighted by Gasteiger charge is -2.21. The van der Waals surface area contributed by atoms with Crippen LogP contribution in [0.5, 0.6) is 17.2 Å². The summed E-state index contributed by atoms with van der Waals surface area (Å²) < 4.78 is 10.8. The minimum absolute atomic E-state index is 0.0462. The van der Waals surface area contributed by atoms with E-state index in [9.17, 15) is 19.8 Å². The normalized spacial score (nSPS) is 11.1. The average molecular weight is 440 g/mol. The average Bonchev–Trinajstić information content (AvgIpc) is 2.77. The number of carbonyl (C=O) groups is 1. The summed E-state index contributed by atoms with van der Waals surface area (Å²) in [6.07, 6.45) is 1.64. The molecule has 0 atom stereocenters. The van der Waals surface area contributed by atoms with Gasteiger partial charge in [-0.25, -0.2) is 0 Å². The van der Waals surface area contributed by atoms with Crippen LogP contribution in [0, 0.1) is 0 Å². The molecular weight excluding hydrogens is 412 g/mol. The van der Waals surface area contributed by atoms with Crippen LogP contribution >= 0.6 is 0 Å². The van der Waals surface area contributed by atoms with Crippen molar-refractivity contribution in [1.29, 1.82) is 0 Å². The molecule has 8 nitrogen and oxygen atoms in total. The van der Waals surface area contributed by atoms with Crippen molar-refractivity contribution in [3.05, 3.63) is 64.0 Å². The van der Waals surface area contributed by atoms with Gasteiger partial charge in [0.05, 0.1) is 7.11 Å². The molecule has 3 aromatic rings. The van der Waals surface area contributed by atoms with Crippen molar-refractivity contribution in [2.75, 3.05) is 26.7 Å². The van der Waals surface area contributed by atoms with E-state index in [1.165, 1.54) is 6.07 Å². The molecule has 0 spiro atoms. The Hall–Kier alpha value is -3.52. The summed E-state index contributed by atoms with van der Waals surface area (Å²) in [5.41, 5.74) is 0.535. The van der Waals surface area contributed by atoms with Crippen LogP contribution in [0.1, 0.15) is 35.9 Å². The second kappa shape index (κ2) is 10.7. The van der Waals surface area contributed by atoms with Crippen LogP contribution in [0.3, 0.4) is 0 Å². The van der Waals surface area contributed by atoms with Crippen LogP contribution in [-0.4, -0.2) is 47.8 Å². The lowest BCUT2D eigenvalue weighted by atomic mass is 10.1. The maximum absolute atomic E-state index is 12.4. The van der Waals surface area contributed by atoms with Crippen molar-refractivity contribution in [1.82, 2.24) is 10.2 Å². The van der Waals surface area contributed by atoms with Crippen LogP contribution in [0.25, 0.3) is 11.0 Å². The highest BCUT2D eigenvalue weighted by atomic mass is 16.5. The first kappa shape index (κ1) is 23.1. The fourth-order valence-corrected chi connectivity index (χ4v) is 3.54. The zero-order valence-electron chi connectivity index (χ0n) is 18.3. The van der Waals surface area contributed by atoms with E-state index in [-0.39, 0.29) is 22.5 Å². The first-order valence-corrected chi connectivity index (χ1v) is 10.5. The molecule has 3 rings (SSSR count). The number of rotatable bonds is 10. The summed E-state index contributed by atoms with van der Waals surface area (Å²) >= 11 is 0. The minimum atomic E-state index is -0.552. The molecule has 2 aromatic carbocycles. The Morgan fingerprint density at radius 3 is 2.69 bits per heavy atom. The summed E-state index contributed by atoms with van der Waals surface area (Å²) in [7, 11) is 1.67. The highest BCUT2D eigenvalue weighted by Crippen LogP contribution is 2.27. The highest BCUT2D eigenvalue weighted by Gasteiger charge is 2.15. The summed E-state index contributed by atoms with van der Waals surface area (Å²) in [4.78, 5) is 26.9. The molecule has 1 heterocycles. The number of phenols is 2. The van der Waals surface area contributed by atoms with Gasteiger partial charge in [-0.15, -0.1) is 0 Å². The smallest absolute Gasteiger partial charge is 0.287 e. The number of amides is 1. The molecule has 1 aromatic heterocycles. The van der Waals surface area contributed by atoms with E-state index in [4.69, 9.17) is 9.15 Å². The molecule has 0 saturated carbocycles. The van der Waals surface area contributed by atoms with Crippen molar-refractivity contribution in [2.24, 2.45) is 0 Å². The van der Waals surface area contributed by atoms with Gasteiger partial charge in [0, 0.05) is 36.9 Å². The number of aromatic hydroxyl groups is 2. The van der Waals surface area contributed by atoms with Crippen molar-refractivity contribution in [3.8, 4) is 17.2 Å². The predicted molar refractivity (Wildman–Crippen MR) is 121 cm³/mol. The quantitative estimate of drug-likeness (QED) is 0.415. The number of methoxy groups -OCH3 is 1. The first-order chi connectivity index (χ1) is 15.4. The third kappa shape index (κ3) is 5.59. The molecule has 170 valence electrons. The van der Waals surface area contributed by atoms with Gasteiger partial charge in [-0.1, -0.05) is 25.1 Å². The van der Waals surface area contributed by atoms with Crippen molar-refractivity contribution in [2.45, 2.75) is 26.3 Å². The number of hydrogen-bond acceptors (Lipinski definition) is 7. The topological polar surface area (TPSA) is 112 Å². The van der Waals surface area contributed by atoms with E-state index in [1.807, 2.05) is 18.2 Å². The van der Waals surface area contributed by atoms with Crippen molar-refractivity contribution >= 4 is 16.9 Å². The van der Waals surface area contributed by atoms with E-state index in [0.29, 0.717) is 6.54 Å². The largest absolute Gasteiger partial charge is 0.508 e. The first-order valence-electron chi connectivity index (χ1n) is 10.5. The maximum Gasteiger partial charge on any atom is 0.287 e. The minimum Gasteiger partial charge on any atom is -0.508 e. The lowest BCUT2D eigenvalue weighted by Crippen LogP contribution is -2.27. The molecule has 0 fully saturated rings. The number of nitrogens with one attached hydrogen (secondary N) is 1. The van der Waals surface area contributed by atoms with Gasteiger partial charge in [-0.2, -0.15) is 0 Å². The number of benzene rings is 2. The zero-order valence-corrected chi connectivity index (χ0v) is 18.3. The molecule has 0 aliphatic carbocycles. The fourth-order valence-electron chi connectivity index (χ4n) is 3.54. The van der Waals surface area contributed by atoms with Gasteiger partial charge in [0.1, 0.15) is 28.2 Å². The van der Waals surface area contributed by atoms with Crippen LogP contribution in [-0.2, 0) is 6.54 Å². The number of ether oxygens (including phenoxy) is 1. The molecule has 0 radical (unpaired) electrons. The SMILES string of the molecule is CCN(CCCCNC(=O)c1cc(=O)c2c(O)cc(O)cc2o1)Cc1ccccc1OC. The van der Waals surface area contributed by atoms with Gasteiger partial charge in [0.25, 0.3) is 5.91 Å². The maximum atomic E-state index is 12.4. The molecule has 0 aliphatic rings. The molecule has 32 heavy (non-hydrogen) atoms. The van der Waals surface area contributed by atoms with E-state index in [0.717, 1.165) is 55.9 Å². The number of hydrogen-bond donors (Lipinski definition) is 3.